The van der Waals surface area contributed by atoms with Crippen LogP contribution in [0.15, 0.2) is 18.2 Å². The van der Waals surface area contributed by atoms with Gasteiger partial charge in [0.1, 0.15) is 0 Å². The first-order valence-electron chi connectivity index (χ1n) is 5.38. The summed E-state index contributed by atoms with van der Waals surface area (Å²) < 4.78 is 5.50. The minimum Gasteiger partial charge on any atom is -0.381 e. The van der Waals surface area contributed by atoms with Gasteiger partial charge in [-0.15, -0.1) is 0 Å². The quantitative estimate of drug-likeness (QED) is 0.651. The fourth-order valence-electron chi connectivity index (χ4n) is 1.66. The molecule has 0 radical (unpaired) electrons. The molecule has 78 valence electrons. The second-order valence-electron chi connectivity index (χ2n) is 3.73. The van der Waals surface area contributed by atoms with Crippen LogP contribution in [0.5, 0.6) is 0 Å². The summed E-state index contributed by atoms with van der Waals surface area (Å²) in [6.07, 6.45) is 2.14. The van der Waals surface area contributed by atoms with E-state index >= 15 is 0 Å². The fraction of sp³-hybridized carbons (Fsp3) is 0.538. The van der Waals surface area contributed by atoms with Gasteiger partial charge in [-0.2, -0.15) is 0 Å². The standard InChI is InChI=1S/C13H20O/c1-4-9-14-10-8-13-11(2)6-5-7-12(13)3/h5-7H,4,8-10H2,1-3H3. The molecule has 1 aromatic carbocycles. The van der Waals surface area contributed by atoms with Gasteiger partial charge in [-0.25, -0.2) is 0 Å². The summed E-state index contributed by atoms with van der Waals surface area (Å²) in [5.41, 5.74) is 4.21. The lowest BCUT2D eigenvalue weighted by molar-refractivity contribution is 0.137. The molecular weight excluding hydrogens is 172 g/mol. The van der Waals surface area contributed by atoms with Gasteiger partial charge >= 0.3 is 0 Å². The molecule has 1 rings (SSSR count). The molecule has 0 N–H and O–H groups in total. The average molecular weight is 192 g/mol. The van der Waals surface area contributed by atoms with E-state index in [9.17, 15) is 0 Å². The van der Waals surface area contributed by atoms with Crippen molar-refractivity contribution < 1.29 is 4.74 Å². The Labute approximate surface area is 87.1 Å². The second kappa shape index (κ2) is 5.82. The molecule has 0 fully saturated rings. The third-order valence-corrected chi connectivity index (χ3v) is 2.49. The van der Waals surface area contributed by atoms with E-state index in [1.54, 1.807) is 0 Å². The van der Waals surface area contributed by atoms with Crippen molar-refractivity contribution in [3.05, 3.63) is 34.9 Å². The molecule has 0 aliphatic carbocycles. The summed E-state index contributed by atoms with van der Waals surface area (Å²) >= 11 is 0. The van der Waals surface area contributed by atoms with Crippen LogP contribution in [0, 0.1) is 13.8 Å². The van der Waals surface area contributed by atoms with Gasteiger partial charge in [0.2, 0.25) is 0 Å². The average Bonchev–Trinajstić information content (AvgIpc) is 2.16. The van der Waals surface area contributed by atoms with Crippen molar-refractivity contribution in [3.8, 4) is 0 Å². The third-order valence-electron chi connectivity index (χ3n) is 2.49. The summed E-state index contributed by atoms with van der Waals surface area (Å²) in [4.78, 5) is 0. The van der Waals surface area contributed by atoms with E-state index in [1.165, 1.54) is 16.7 Å². The van der Waals surface area contributed by atoms with Gasteiger partial charge < -0.3 is 4.74 Å². The molecule has 0 saturated carbocycles. The first-order chi connectivity index (χ1) is 6.75. The van der Waals surface area contributed by atoms with Gasteiger partial charge in [-0.3, -0.25) is 0 Å². The number of benzene rings is 1. The molecule has 1 aromatic rings. The molecule has 0 unspecified atom stereocenters. The van der Waals surface area contributed by atoms with E-state index in [0.29, 0.717) is 0 Å². The van der Waals surface area contributed by atoms with Gasteiger partial charge in [0.05, 0.1) is 6.61 Å². The smallest absolute Gasteiger partial charge is 0.0506 e. The van der Waals surface area contributed by atoms with Crippen molar-refractivity contribution in [2.45, 2.75) is 33.6 Å². The van der Waals surface area contributed by atoms with Crippen LogP contribution in [0.1, 0.15) is 30.0 Å². The SMILES string of the molecule is CCCOCCc1c(C)cccc1C. The third kappa shape index (κ3) is 3.15. The Balaban J connectivity index is 2.49. The number of ether oxygens (including phenoxy) is 1. The number of hydrogen-bond acceptors (Lipinski definition) is 1. The number of aryl methyl sites for hydroxylation is 2. The number of rotatable bonds is 5. The molecular formula is C13H20O. The summed E-state index contributed by atoms with van der Waals surface area (Å²) in [6.45, 7) is 8.20. The van der Waals surface area contributed by atoms with E-state index in [1.807, 2.05) is 0 Å². The zero-order chi connectivity index (χ0) is 10.4. The molecule has 1 nitrogen and oxygen atoms in total. The molecule has 1 heteroatoms. The van der Waals surface area contributed by atoms with Crippen LogP contribution in [0.25, 0.3) is 0 Å². The highest BCUT2D eigenvalue weighted by molar-refractivity contribution is 5.33. The van der Waals surface area contributed by atoms with Crippen molar-refractivity contribution in [1.29, 1.82) is 0 Å². The van der Waals surface area contributed by atoms with Gasteiger partial charge in [-0.05, 0) is 43.4 Å². The molecule has 0 atom stereocenters. The van der Waals surface area contributed by atoms with E-state index in [-0.39, 0.29) is 0 Å². The van der Waals surface area contributed by atoms with Crippen LogP contribution in [-0.2, 0) is 11.2 Å². The van der Waals surface area contributed by atoms with Crippen LogP contribution in [0.4, 0.5) is 0 Å². The summed E-state index contributed by atoms with van der Waals surface area (Å²) in [7, 11) is 0. The lowest BCUT2D eigenvalue weighted by Gasteiger charge is -2.09. The monoisotopic (exact) mass is 192 g/mol. The summed E-state index contributed by atoms with van der Waals surface area (Å²) in [6, 6.07) is 6.45. The predicted molar refractivity (Wildman–Crippen MR) is 60.7 cm³/mol. The maximum atomic E-state index is 5.50. The van der Waals surface area contributed by atoms with Crippen molar-refractivity contribution in [2.24, 2.45) is 0 Å². The van der Waals surface area contributed by atoms with Gasteiger partial charge in [0.15, 0.2) is 0 Å². The Kier molecular flexibility index (Phi) is 4.68. The van der Waals surface area contributed by atoms with Crippen LogP contribution in [-0.4, -0.2) is 13.2 Å². The normalized spacial score (nSPS) is 10.5. The lowest BCUT2D eigenvalue weighted by Crippen LogP contribution is -2.02. The van der Waals surface area contributed by atoms with Gasteiger partial charge in [-0.1, -0.05) is 25.1 Å². The molecule has 0 saturated heterocycles. The van der Waals surface area contributed by atoms with Gasteiger partial charge in [0, 0.05) is 6.61 Å². The lowest BCUT2D eigenvalue weighted by atomic mass is 10.0. The topological polar surface area (TPSA) is 9.23 Å². The molecule has 0 bridgehead atoms. The van der Waals surface area contributed by atoms with E-state index < -0.39 is 0 Å². The summed E-state index contributed by atoms with van der Waals surface area (Å²) in [5, 5.41) is 0. The highest BCUT2D eigenvalue weighted by Gasteiger charge is 2.00. The molecule has 14 heavy (non-hydrogen) atoms. The van der Waals surface area contributed by atoms with Crippen molar-refractivity contribution >= 4 is 0 Å². The largest absolute Gasteiger partial charge is 0.381 e. The molecule has 0 aliphatic rings. The maximum absolute atomic E-state index is 5.50. The molecule has 0 amide bonds. The first-order valence-corrected chi connectivity index (χ1v) is 5.38. The van der Waals surface area contributed by atoms with E-state index in [0.717, 1.165) is 26.1 Å². The molecule has 0 aromatic heterocycles. The number of hydrogen-bond donors (Lipinski definition) is 0. The van der Waals surface area contributed by atoms with Crippen LogP contribution < -0.4 is 0 Å². The van der Waals surface area contributed by atoms with Gasteiger partial charge in [0.25, 0.3) is 0 Å². The van der Waals surface area contributed by atoms with E-state index in [4.69, 9.17) is 4.74 Å². The van der Waals surface area contributed by atoms with Crippen LogP contribution in [0.3, 0.4) is 0 Å². The van der Waals surface area contributed by atoms with Crippen LogP contribution >= 0.6 is 0 Å². The van der Waals surface area contributed by atoms with Crippen molar-refractivity contribution in [2.75, 3.05) is 13.2 Å². The van der Waals surface area contributed by atoms with E-state index in [2.05, 4.69) is 39.0 Å². The Hall–Kier alpha value is -0.820. The molecule has 0 aliphatic heterocycles. The first kappa shape index (κ1) is 11.3. The Morgan fingerprint density at radius 1 is 1.07 bits per heavy atom. The zero-order valence-corrected chi connectivity index (χ0v) is 9.47. The minimum atomic E-state index is 0.847. The van der Waals surface area contributed by atoms with Crippen molar-refractivity contribution in [3.63, 3.8) is 0 Å². The zero-order valence-electron chi connectivity index (χ0n) is 9.47. The Bertz CT molecular complexity index is 258. The Morgan fingerprint density at radius 2 is 1.71 bits per heavy atom. The highest BCUT2D eigenvalue weighted by atomic mass is 16.5. The van der Waals surface area contributed by atoms with Crippen LogP contribution in [0.2, 0.25) is 0 Å². The minimum absolute atomic E-state index is 0.847. The van der Waals surface area contributed by atoms with Crippen molar-refractivity contribution in [1.82, 2.24) is 0 Å². The predicted octanol–water partition coefficient (Wildman–Crippen LogP) is 3.27. The molecule has 0 heterocycles. The fourth-order valence-corrected chi connectivity index (χ4v) is 1.66. The molecule has 0 spiro atoms. The maximum Gasteiger partial charge on any atom is 0.0506 e. The summed E-state index contributed by atoms with van der Waals surface area (Å²) in [5.74, 6) is 0. The Morgan fingerprint density at radius 3 is 2.29 bits per heavy atom. The second-order valence-corrected chi connectivity index (χ2v) is 3.73. The highest BCUT2D eigenvalue weighted by Crippen LogP contribution is 2.13.